The summed E-state index contributed by atoms with van der Waals surface area (Å²) in [5.41, 5.74) is 8.03. The summed E-state index contributed by atoms with van der Waals surface area (Å²) < 4.78 is 17.5. The van der Waals surface area contributed by atoms with Gasteiger partial charge in [-0.1, -0.05) is 0 Å². The highest BCUT2D eigenvalue weighted by atomic mass is 16.7. The van der Waals surface area contributed by atoms with Gasteiger partial charge in [0.15, 0.2) is 17.3 Å². The van der Waals surface area contributed by atoms with E-state index in [2.05, 4.69) is 15.5 Å². The van der Waals surface area contributed by atoms with Crippen LogP contribution in [0.25, 0.3) is 17.1 Å². The lowest BCUT2D eigenvalue weighted by Gasteiger charge is -2.08. The van der Waals surface area contributed by atoms with Crippen LogP contribution in [0.3, 0.4) is 0 Å². The van der Waals surface area contributed by atoms with E-state index in [4.69, 9.17) is 19.9 Å². The van der Waals surface area contributed by atoms with Crippen molar-refractivity contribution in [2.45, 2.75) is 0 Å². The molecule has 0 amide bonds. The molecule has 0 bridgehead atoms. The fraction of sp³-hybridized carbons (Fsp3) is 0.133. The lowest BCUT2D eigenvalue weighted by molar-refractivity contribution is 0.174. The van der Waals surface area contributed by atoms with Crippen molar-refractivity contribution < 1.29 is 14.2 Å². The largest absolute Gasteiger partial charge is 0.495 e. The Morgan fingerprint density at radius 2 is 2.00 bits per heavy atom. The average molecular weight is 311 g/mol. The predicted octanol–water partition coefficient (Wildman–Crippen LogP) is 1.65. The zero-order valence-electron chi connectivity index (χ0n) is 12.3. The Morgan fingerprint density at radius 3 is 2.83 bits per heavy atom. The van der Waals surface area contributed by atoms with E-state index in [1.807, 2.05) is 24.3 Å². The molecule has 2 N–H and O–H groups in total. The molecule has 1 aromatic heterocycles. The number of hydrogen-bond donors (Lipinski definition) is 1. The molecule has 0 saturated heterocycles. The molecular weight excluding hydrogens is 298 g/mol. The van der Waals surface area contributed by atoms with Crippen molar-refractivity contribution in [3.8, 4) is 34.3 Å². The molecule has 2 heterocycles. The topological polar surface area (TPSA) is 97.3 Å². The standard InChI is InChI=1S/C15H13N5O3/c1-21-12-4-2-9(6-11(12)16)15-17-18-19-20(15)10-3-5-13-14(7-10)23-8-22-13/h2-7H,8,16H2,1H3. The van der Waals surface area contributed by atoms with Gasteiger partial charge in [-0.15, -0.1) is 5.10 Å². The first-order valence-corrected chi connectivity index (χ1v) is 6.88. The number of ether oxygens (including phenoxy) is 3. The highest BCUT2D eigenvalue weighted by molar-refractivity contribution is 5.67. The van der Waals surface area contributed by atoms with Gasteiger partial charge in [0, 0.05) is 11.6 Å². The highest BCUT2D eigenvalue weighted by Crippen LogP contribution is 2.34. The first kappa shape index (κ1) is 13.4. The number of tetrazole rings is 1. The summed E-state index contributed by atoms with van der Waals surface area (Å²) in [5.74, 6) is 2.55. The van der Waals surface area contributed by atoms with Crippen LogP contribution >= 0.6 is 0 Å². The van der Waals surface area contributed by atoms with Crippen molar-refractivity contribution in [2.75, 3.05) is 19.6 Å². The molecule has 0 aliphatic carbocycles. The number of fused-ring (bicyclic) bond motifs is 1. The van der Waals surface area contributed by atoms with Gasteiger partial charge >= 0.3 is 0 Å². The molecule has 0 fully saturated rings. The molecule has 4 rings (SSSR count). The Bertz CT molecular complexity index is 877. The minimum Gasteiger partial charge on any atom is -0.495 e. The van der Waals surface area contributed by atoms with E-state index in [1.165, 1.54) is 0 Å². The van der Waals surface area contributed by atoms with Gasteiger partial charge in [0.25, 0.3) is 0 Å². The molecule has 0 unspecified atom stereocenters. The minimum absolute atomic E-state index is 0.219. The lowest BCUT2D eigenvalue weighted by atomic mass is 10.1. The number of rotatable bonds is 3. The van der Waals surface area contributed by atoms with Crippen molar-refractivity contribution in [1.82, 2.24) is 20.2 Å². The third kappa shape index (κ3) is 2.20. The Labute approximate surface area is 131 Å². The number of aromatic nitrogens is 4. The average Bonchev–Trinajstić information content (AvgIpc) is 3.23. The van der Waals surface area contributed by atoms with Crippen LogP contribution in [0.1, 0.15) is 0 Å². The molecule has 8 nitrogen and oxygen atoms in total. The van der Waals surface area contributed by atoms with Crippen LogP contribution in [0.4, 0.5) is 5.69 Å². The van der Waals surface area contributed by atoms with E-state index in [1.54, 1.807) is 23.9 Å². The number of methoxy groups -OCH3 is 1. The summed E-state index contributed by atoms with van der Waals surface area (Å²) >= 11 is 0. The molecule has 0 saturated carbocycles. The van der Waals surface area contributed by atoms with Gasteiger partial charge in [0.2, 0.25) is 6.79 Å². The maximum atomic E-state index is 5.96. The van der Waals surface area contributed by atoms with Gasteiger partial charge in [0.05, 0.1) is 18.5 Å². The number of hydrogen-bond acceptors (Lipinski definition) is 7. The maximum absolute atomic E-state index is 5.96. The SMILES string of the molecule is COc1ccc(-c2nnnn2-c2ccc3c(c2)OCO3)cc1N. The first-order chi connectivity index (χ1) is 11.3. The Balaban J connectivity index is 1.78. The molecule has 3 aromatic rings. The summed E-state index contributed by atoms with van der Waals surface area (Å²) in [6, 6.07) is 10.9. The van der Waals surface area contributed by atoms with E-state index >= 15 is 0 Å². The molecule has 0 radical (unpaired) electrons. The molecule has 2 aromatic carbocycles. The minimum atomic E-state index is 0.219. The fourth-order valence-electron chi connectivity index (χ4n) is 2.43. The number of anilines is 1. The van der Waals surface area contributed by atoms with Crippen LogP contribution in [0.2, 0.25) is 0 Å². The number of nitrogens with two attached hydrogens (primary N) is 1. The van der Waals surface area contributed by atoms with Gasteiger partial charge in [0.1, 0.15) is 5.75 Å². The van der Waals surface area contributed by atoms with Gasteiger partial charge in [-0.25, -0.2) is 0 Å². The normalized spacial score (nSPS) is 12.4. The molecular formula is C15H13N5O3. The number of benzene rings is 2. The number of nitrogen functional groups attached to an aromatic ring is 1. The zero-order valence-corrected chi connectivity index (χ0v) is 12.3. The Morgan fingerprint density at radius 1 is 1.13 bits per heavy atom. The van der Waals surface area contributed by atoms with Crippen molar-refractivity contribution in [2.24, 2.45) is 0 Å². The highest BCUT2D eigenvalue weighted by Gasteiger charge is 2.17. The summed E-state index contributed by atoms with van der Waals surface area (Å²) in [6.45, 7) is 0.219. The van der Waals surface area contributed by atoms with Crippen molar-refractivity contribution in [3.05, 3.63) is 36.4 Å². The first-order valence-electron chi connectivity index (χ1n) is 6.88. The Kier molecular flexibility index (Phi) is 3.00. The van der Waals surface area contributed by atoms with Crippen molar-refractivity contribution >= 4 is 5.69 Å². The quantitative estimate of drug-likeness (QED) is 0.734. The second-order valence-corrected chi connectivity index (χ2v) is 4.91. The summed E-state index contributed by atoms with van der Waals surface area (Å²) in [5, 5.41) is 11.9. The zero-order chi connectivity index (χ0) is 15.8. The van der Waals surface area contributed by atoms with E-state index in [-0.39, 0.29) is 6.79 Å². The summed E-state index contributed by atoms with van der Waals surface area (Å²) in [7, 11) is 1.57. The lowest BCUT2D eigenvalue weighted by Crippen LogP contribution is -2.01. The van der Waals surface area contributed by atoms with E-state index in [0.29, 0.717) is 28.8 Å². The van der Waals surface area contributed by atoms with Crippen molar-refractivity contribution in [1.29, 1.82) is 0 Å². The molecule has 8 heteroatoms. The third-order valence-electron chi connectivity index (χ3n) is 3.56. The van der Waals surface area contributed by atoms with Gasteiger partial charge < -0.3 is 19.9 Å². The van der Waals surface area contributed by atoms with E-state index in [0.717, 1.165) is 11.3 Å². The summed E-state index contributed by atoms with van der Waals surface area (Å²) in [6.07, 6.45) is 0. The number of nitrogens with zero attached hydrogens (tertiary/aromatic N) is 4. The van der Waals surface area contributed by atoms with Crippen molar-refractivity contribution in [3.63, 3.8) is 0 Å². The van der Waals surface area contributed by atoms with Crippen LogP contribution in [-0.2, 0) is 0 Å². The molecule has 23 heavy (non-hydrogen) atoms. The van der Waals surface area contributed by atoms with Crippen LogP contribution < -0.4 is 19.9 Å². The summed E-state index contributed by atoms with van der Waals surface area (Å²) in [4.78, 5) is 0. The molecule has 0 spiro atoms. The van der Waals surface area contributed by atoms with Crippen LogP contribution in [0, 0.1) is 0 Å². The monoisotopic (exact) mass is 311 g/mol. The second-order valence-electron chi connectivity index (χ2n) is 4.91. The van der Waals surface area contributed by atoms with Gasteiger partial charge in [-0.3, -0.25) is 0 Å². The molecule has 116 valence electrons. The molecule has 1 aliphatic heterocycles. The smallest absolute Gasteiger partial charge is 0.231 e. The van der Waals surface area contributed by atoms with Crippen LogP contribution in [0.5, 0.6) is 17.2 Å². The molecule has 0 atom stereocenters. The Hall–Kier alpha value is -3.29. The predicted molar refractivity (Wildman–Crippen MR) is 81.7 cm³/mol. The second kappa shape index (κ2) is 5.16. The van der Waals surface area contributed by atoms with E-state index in [9.17, 15) is 0 Å². The molecule has 1 aliphatic rings. The van der Waals surface area contributed by atoms with Crippen LogP contribution in [-0.4, -0.2) is 34.1 Å². The van der Waals surface area contributed by atoms with E-state index < -0.39 is 0 Å². The van der Waals surface area contributed by atoms with Gasteiger partial charge in [-0.05, 0) is 40.8 Å². The van der Waals surface area contributed by atoms with Crippen LogP contribution in [0.15, 0.2) is 36.4 Å². The van der Waals surface area contributed by atoms with Gasteiger partial charge in [-0.2, -0.15) is 4.68 Å². The third-order valence-corrected chi connectivity index (χ3v) is 3.56. The fourth-order valence-corrected chi connectivity index (χ4v) is 2.43. The maximum Gasteiger partial charge on any atom is 0.231 e.